The smallest absolute Gasteiger partial charge is 0.357 e. The summed E-state index contributed by atoms with van der Waals surface area (Å²) in [5.74, 6) is -1.53. The predicted molar refractivity (Wildman–Crippen MR) is 101 cm³/mol. The van der Waals surface area contributed by atoms with Gasteiger partial charge in [-0.2, -0.15) is 0 Å². The molecule has 0 unspecified atom stereocenters. The highest BCUT2D eigenvalue weighted by Gasteiger charge is 2.39. The Balaban J connectivity index is 1.56. The standard InChI is InChI=1S/C18H18N4O5S/c1-2-27-16(25)13-10-28-17(19-13)21-14(23)8-12-15(24)22(18(26)20-12)9-11-6-4-3-5-7-11/h3-7,10,12H,2,8-9H2,1H3,(H,20,26)(H,19,21,23)/t12-/m0/s1. The Kier molecular flexibility index (Phi) is 5.99. The quantitative estimate of drug-likeness (QED) is 0.538. The largest absolute Gasteiger partial charge is 0.461 e. The van der Waals surface area contributed by atoms with Crippen molar-refractivity contribution >= 4 is 40.3 Å². The number of esters is 1. The van der Waals surface area contributed by atoms with Crippen LogP contribution in [0.3, 0.4) is 0 Å². The lowest BCUT2D eigenvalue weighted by molar-refractivity contribution is -0.130. The molecule has 0 aliphatic carbocycles. The molecule has 1 aliphatic heterocycles. The van der Waals surface area contributed by atoms with Crippen LogP contribution < -0.4 is 10.6 Å². The van der Waals surface area contributed by atoms with Gasteiger partial charge in [-0.15, -0.1) is 11.3 Å². The van der Waals surface area contributed by atoms with Crippen LogP contribution in [-0.4, -0.2) is 46.3 Å². The van der Waals surface area contributed by atoms with Crippen LogP contribution >= 0.6 is 11.3 Å². The maximum atomic E-state index is 12.5. The van der Waals surface area contributed by atoms with Gasteiger partial charge in [0.2, 0.25) is 5.91 Å². The first-order valence-electron chi connectivity index (χ1n) is 8.56. The van der Waals surface area contributed by atoms with E-state index in [9.17, 15) is 19.2 Å². The summed E-state index contributed by atoms with van der Waals surface area (Å²) < 4.78 is 4.84. The number of urea groups is 1. The number of thiazole rings is 1. The molecule has 146 valence electrons. The molecule has 1 aromatic carbocycles. The fourth-order valence-electron chi connectivity index (χ4n) is 2.62. The molecule has 1 aliphatic rings. The number of nitrogens with zero attached hydrogens (tertiary/aromatic N) is 2. The van der Waals surface area contributed by atoms with Crippen LogP contribution in [0.15, 0.2) is 35.7 Å². The lowest BCUT2D eigenvalue weighted by Crippen LogP contribution is -2.34. The van der Waals surface area contributed by atoms with Crippen molar-refractivity contribution in [1.29, 1.82) is 0 Å². The van der Waals surface area contributed by atoms with Crippen molar-refractivity contribution in [2.75, 3.05) is 11.9 Å². The average Bonchev–Trinajstić information content (AvgIpc) is 3.23. The second kappa shape index (κ2) is 8.61. The predicted octanol–water partition coefficient (Wildman–Crippen LogP) is 1.77. The van der Waals surface area contributed by atoms with E-state index >= 15 is 0 Å². The van der Waals surface area contributed by atoms with Crippen LogP contribution in [-0.2, 0) is 20.9 Å². The summed E-state index contributed by atoms with van der Waals surface area (Å²) in [6, 6.07) is 7.61. The van der Waals surface area contributed by atoms with Gasteiger partial charge in [-0.25, -0.2) is 14.6 Å². The summed E-state index contributed by atoms with van der Waals surface area (Å²) in [4.78, 5) is 53.4. The molecule has 1 aromatic heterocycles. The van der Waals surface area contributed by atoms with Crippen LogP contribution in [0.2, 0.25) is 0 Å². The van der Waals surface area contributed by atoms with Gasteiger partial charge in [0.05, 0.1) is 19.6 Å². The van der Waals surface area contributed by atoms with Crippen molar-refractivity contribution < 1.29 is 23.9 Å². The van der Waals surface area contributed by atoms with Crippen LogP contribution in [0, 0.1) is 0 Å². The number of anilines is 1. The van der Waals surface area contributed by atoms with E-state index in [0.717, 1.165) is 21.8 Å². The third kappa shape index (κ3) is 4.52. The van der Waals surface area contributed by atoms with Gasteiger partial charge in [-0.1, -0.05) is 30.3 Å². The zero-order valence-electron chi connectivity index (χ0n) is 15.0. The first-order valence-corrected chi connectivity index (χ1v) is 9.44. The highest BCUT2D eigenvalue weighted by molar-refractivity contribution is 7.14. The van der Waals surface area contributed by atoms with Crippen LogP contribution in [0.25, 0.3) is 0 Å². The van der Waals surface area contributed by atoms with E-state index < -0.39 is 29.9 Å². The second-order valence-corrected chi connectivity index (χ2v) is 6.78. The number of aromatic nitrogens is 1. The van der Waals surface area contributed by atoms with Crippen molar-refractivity contribution in [2.45, 2.75) is 25.9 Å². The number of benzene rings is 1. The van der Waals surface area contributed by atoms with Crippen LogP contribution in [0.4, 0.5) is 9.93 Å². The Hall–Kier alpha value is -3.27. The molecule has 1 atom stereocenters. The van der Waals surface area contributed by atoms with Crippen LogP contribution in [0.5, 0.6) is 0 Å². The molecule has 2 N–H and O–H groups in total. The number of nitrogens with one attached hydrogen (secondary N) is 2. The third-order valence-corrected chi connectivity index (χ3v) is 4.67. The maximum absolute atomic E-state index is 12.5. The van der Waals surface area contributed by atoms with Gasteiger partial charge >= 0.3 is 12.0 Å². The minimum Gasteiger partial charge on any atom is -0.461 e. The minimum atomic E-state index is -0.944. The van der Waals surface area contributed by atoms with E-state index in [0.29, 0.717) is 0 Å². The number of hydrogen-bond acceptors (Lipinski definition) is 7. The first kappa shape index (κ1) is 19.5. The number of amides is 4. The highest BCUT2D eigenvalue weighted by atomic mass is 32.1. The van der Waals surface area contributed by atoms with Crippen molar-refractivity contribution in [3.8, 4) is 0 Å². The average molecular weight is 402 g/mol. The zero-order valence-corrected chi connectivity index (χ0v) is 15.8. The molecule has 9 nitrogen and oxygen atoms in total. The van der Waals surface area contributed by atoms with Gasteiger partial charge in [0, 0.05) is 5.38 Å². The highest BCUT2D eigenvalue weighted by Crippen LogP contribution is 2.18. The summed E-state index contributed by atoms with van der Waals surface area (Å²) >= 11 is 1.07. The number of imide groups is 1. The van der Waals surface area contributed by atoms with E-state index in [2.05, 4.69) is 15.6 Å². The van der Waals surface area contributed by atoms with Gasteiger partial charge in [0.1, 0.15) is 6.04 Å². The molecule has 28 heavy (non-hydrogen) atoms. The topological polar surface area (TPSA) is 118 Å². The fraction of sp³-hybridized carbons (Fsp3) is 0.278. The molecule has 0 radical (unpaired) electrons. The molecule has 0 bridgehead atoms. The monoisotopic (exact) mass is 402 g/mol. The third-order valence-electron chi connectivity index (χ3n) is 3.92. The van der Waals surface area contributed by atoms with E-state index in [-0.39, 0.29) is 30.4 Å². The molecule has 1 fully saturated rings. The summed E-state index contributed by atoms with van der Waals surface area (Å²) in [7, 11) is 0. The van der Waals surface area contributed by atoms with Gasteiger partial charge < -0.3 is 15.4 Å². The summed E-state index contributed by atoms with van der Waals surface area (Å²) in [6.07, 6.45) is -0.232. The number of ether oxygens (including phenoxy) is 1. The minimum absolute atomic E-state index is 0.0985. The van der Waals surface area contributed by atoms with E-state index in [1.165, 1.54) is 5.38 Å². The van der Waals surface area contributed by atoms with Gasteiger partial charge in [-0.3, -0.25) is 14.5 Å². The Morgan fingerprint density at radius 3 is 2.75 bits per heavy atom. The normalized spacial score (nSPS) is 16.0. The fourth-order valence-corrected chi connectivity index (χ4v) is 3.31. The first-order chi connectivity index (χ1) is 13.5. The molecule has 10 heteroatoms. The molecular formula is C18H18N4O5S. The summed E-state index contributed by atoms with van der Waals surface area (Å²) in [5, 5.41) is 6.72. The van der Waals surface area contributed by atoms with Crippen molar-refractivity contribution in [1.82, 2.24) is 15.2 Å². The molecule has 0 spiro atoms. The molecule has 2 aromatic rings. The van der Waals surface area contributed by atoms with E-state index in [1.54, 1.807) is 6.92 Å². The Morgan fingerprint density at radius 1 is 1.29 bits per heavy atom. The van der Waals surface area contributed by atoms with Crippen molar-refractivity contribution in [3.63, 3.8) is 0 Å². The number of rotatable bonds is 7. The van der Waals surface area contributed by atoms with Gasteiger partial charge in [-0.05, 0) is 12.5 Å². The summed E-state index contributed by atoms with van der Waals surface area (Å²) in [5.41, 5.74) is 0.909. The number of hydrogen-bond donors (Lipinski definition) is 2. The van der Waals surface area contributed by atoms with Crippen molar-refractivity contribution in [2.24, 2.45) is 0 Å². The Labute approximate surface area is 164 Å². The van der Waals surface area contributed by atoms with Crippen molar-refractivity contribution in [3.05, 3.63) is 47.0 Å². The van der Waals surface area contributed by atoms with E-state index in [4.69, 9.17) is 4.74 Å². The molecule has 0 saturated carbocycles. The molecule has 4 amide bonds. The van der Waals surface area contributed by atoms with Crippen LogP contribution in [0.1, 0.15) is 29.4 Å². The number of carbonyl (C=O) groups is 4. The van der Waals surface area contributed by atoms with Gasteiger partial charge in [0.25, 0.3) is 5.91 Å². The second-order valence-electron chi connectivity index (χ2n) is 5.92. The lowest BCUT2D eigenvalue weighted by atomic mass is 10.2. The lowest BCUT2D eigenvalue weighted by Gasteiger charge is -2.12. The maximum Gasteiger partial charge on any atom is 0.357 e. The summed E-state index contributed by atoms with van der Waals surface area (Å²) in [6.45, 7) is 2.04. The van der Waals surface area contributed by atoms with E-state index in [1.807, 2.05) is 30.3 Å². The molecule has 1 saturated heterocycles. The molecule has 2 heterocycles. The van der Waals surface area contributed by atoms with Gasteiger partial charge in [0.15, 0.2) is 10.8 Å². The SMILES string of the molecule is CCOC(=O)c1csc(NC(=O)C[C@@H]2NC(=O)N(Cc3ccccc3)C2=O)n1. The Morgan fingerprint density at radius 2 is 2.04 bits per heavy atom. The molecular weight excluding hydrogens is 384 g/mol. The Bertz CT molecular complexity index is 898. The number of carbonyl (C=O) groups excluding carboxylic acids is 4. The molecule has 3 rings (SSSR count). The zero-order chi connectivity index (χ0) is 20.1.